The zero-order valence-corrected chi connectivity index (χ0v) is 9.74. The summed E-state index contributed by atoms with van der Waals surface area (Å²) in [4.78, 5) is 11.2. The molecule has 5 heteroatoms. The van der Waals surface area contributed by atoms with Crippen molar-refractivity contribution in [2.24, 2.45) is 0 Å². The number of fused-ring (bicyclic) bond motifs is 1. The third kappa shape index (κ3) is 1.85. The third-order valence-corrected chi connectivity index (χ3v) is 3.43. The first-order valence-corrected chi connectivity index (χ1v) is 6.14. The van der Waals surface area contributed by atoms with Crippen molar-refractivity contribution in [1.82, 2.24) is 15.3 Å². The molecule has 1 fully saturated rings. The van der Waals surface area contributed by atoms with Crippen LogP contribution in [0, 0.1) is 11.3 Å². The minimum Gasteiger partial charge on any atom is -0.338 e. The van der Waals surface area contributed by atoms with Gasteiger partial charge in [0.05, 0.1) is 5.69 Å². The van der Waals surface area contributed by atoms with E-state index < -0.39 is 0 Å². The minimum atomic E-state index is 0.584. The summed E-state index contributed by atoms with van der Waals surface area (Å²) in [6.45, 7) is 3.76. The molecule has 0 unspecified atom stereocenters. The van der Waals surface area contributed by atoms with Gasteiger partial charge in [-0.05, 0) is 19.3 Å². The van der Waals surface area contributed by atoms with Gasteiger partial charge in [0.2, 0.25) is 5.95 Å². The Labute approximate surface area is 100 Å². The molecule has 0 radical (unpaired) electrons. The molecule has 17 heavy (non-hydrogen) atoms. The van der Waals surface area contributed by atoms with Crippen molar-refractivity contribution in [3.63, 3.8) is 0 Å². The number of nitrogens with zero attached hydrogens (tertiary/aromatic N) is 4. The summed E-state index contributed by atoms with van der Waals surface area (Å²) in [5, 5.41) is 12.5. The molecule has 1 aliphatic carbocycles. The quantitative estimate of drug-likeness (QED) is 0.747. The molecule has 0 amide bonds. The summed E-state index contributed by atoms with van der Waals surface area (Å²) >= 11 is 0. The van der Waals surface area contributed by atoms with E-state index in [0.29, 0.717) is 5.69 Å². The lowest BCUT2D eigenvalue weighted by molar-refractivity contribution is 0.578. The molecule has 5 nitrogen and oxygen atoms in total. The van der Waals surface area contributed by atoms with Gasteiger partial charge in [0.1, 0.15) is 11.8 Å². The van der Waals surface area contributed by atoms with Gasteiger partial charge >= 0.3 is 0 Å². The van der Waals surface area contributed by atoms with Gasteiger partial charge in [-0.1, -0.05) is 0 Å². The number of nitrogens with one attached hydrogen (secondary N) is 1. The number of piperazine rings is 1. The molecule has 3 rings (SSSR count). The van der Waals surface area contributed by atoms with Crippen molar-refractivity contribution in [2.45, 2.75) is 19.3 Å². The number of aryl methyl sites for hydroxylation is 1. The number of aromatic nitrogens is 2. The van der Waals surface area contributed by atoms with E-state index in [9.17, 15) is 0 Å². The van der Waals surface area contributed by atoms with E-state index in [0.717, 1.165) is 62.6 Å². The first-order valence-electron chi connectivity index (χ1n) is 6.14. The molecule has 1 aromatic heterocycles. The maximum atomic E-state index is 9.15. The van der Waals surface area contributed by atoms with E-state index in [2.05, 4.69) is 26.3 Å². The SMILES string of the molecule is N#Cc1nc(N2CCNCC2)nc2c1CCC2. The lowest BCUT2D eigenvalue weighted by Gasteiger charge is -2.27. The average molecular weight is 229 g/mol. The van der Waals surface area contributed by atoms with E-state index in [1.165, 1.54) is 0 Å². The molecule has 0 aromatic carbocycles. The summed E-state index contributed by atoms with van der Waals surface area (Å²) in [7, 11) is 0. The molecule has 0 saturated carbocycles. The smallest absolute Gasteiger partial charge is 0.226 e. The zero-order chi connectivity index (χ0) is 11.7. The monoisotopic (exact) mass is 229 g/mol. The van der Waals surface area contributed by atoms with E-state index >= 15 is 0 Å². The largest absolute Gasteiger partial charge is 0.338 e. The van der Waals surface area contributed by atoms with Crippen LogP contribution in [0.5, 0.6) is 0 Å². The van der Waals surface area contributed by atoms with E-state index in [1.807, 2.05) is 0 Å². The van der Waals surface area contributed by atoms with E-state index in [-0.39, 0.29) is 0 Å². The second-order valence-corrected chi connectivity index (χ2v) is 4.50. The van der Waals surface area contributed by atoms with Crippen molar-refractivity contribution < 1.29 is 0 Å². The highest BCUT2D eigenvalue weighted by molar-refractivity contribution is 5.44. The number of hydrogen-bond acceptors (Lipinski definition) is 5. The van der Waals surface area contributed by atoms with Crippen molar-refractivity contribution >= 4 is 5.95 Å². The van der Waals surface area contributed by atoms with Crippen molar-refractivity contribution in [2.75, 3.05) is 31.1 Å². The van der Waals surface area contributed by atoms with Gasteiger partial charge in [-0.3, -0.25) is 0 Å². The number of anilines is 1. The normalized spacial score (nSPS) is 18.9. The Balaban J connectivity index is 1.98. The molecule has 0 spiro atoms. The van der Waals surface area contributed by atoms with Crippen LogP contribution in [0.15, 0.2) is 0 Å². The van der Waals surface area contributed by atoms with Gasteiger partial charge in [0.15, 0.2) is 0 Å². The van der Waals surface area contributed by atoms with Crippen LogP contribution in [0.2, 0.25) is 0 Å². The molecule has 1 aliphatic heterocycles. The zero-order valence-electron chi connectivity index (χ0n) is 9.74. The van der Waals surface area contributed by atoms with Crippen LogP contribution in [-0.2, 0) is 12.8 Å². The molecule has 88 valence electrons. The average Bonchev–Trinajstić information content (AvgIpc) is 2.86. The Morgan fingerprint density at radius 3 is 2.76 bits per heavy atom. The fraction of sp³-hybridized carbons (Fsp3) is 0.583. The van der Waals surface area contributed by atoms with Gasteiger partial charge in [-0.25, -0.2) is 9.97 Å². The topological polar surface area (TPSA) is 64.8 Å². The highest BCUT2D eigenvalue weighted by Gasteiger charge is 2.22. The van der Waals surface area contributed by atoms with Crippen molar-refractivity contribution in [3.8, 4) is 6.07 Å². The van der Waals surface area contributed by atoms with Crippen LogP contribution in [0.25, 0.3) is 0 Å². The molecular formula is C12H15N5. The maximum absolute atomic E-state index is 9.15. The van der Waals surface area contributed by atoms with E-state index in [1.54, 1.807) is 0 Å². The fourth-order valence-corrected chi connectivity index (χ4v) is 2.52. The van der Waals surface area contributed by atoms with Gasteiger partial charge in [0.25, 0.3) is 0 Å². The highest BCUT2D eigenvalue weighted by Crippen LogP contribution is 2.24. The third-order valence-electron chi connectivity index (χ3n) is 3.43. The summed E-state index contributed by atoms with van der Waals surface area (Å²) in [6.07, 6.45) is 3.05. The van der Waals surface area contributed by atoms with Gasteiger partial charge < -0.3 is 10.2 Å². The Bertz CT molecular complexity index is 471. The van der Waals surface area contributed by atoms with Crippen LogP contribution in [-0.4, -0.2) is 36.1 Å². The molecule has 2 aliphatic rings. The molecule has 0 atom stereocenters. The second kappa shape index (κ2) is 4.30. The van der Waals surface area contributed by atoms with Crippen LogP contribution in [0.3, 0.4) is 0 Å². The predicted molar refractivity (Wildman–Crippen MR) is 63.9 cm³/mol. The number of rotatable bonds is 1. The maximum Gasteiger partial charge on any atom is 0.226 e. The van der Waals surface area contributed by atoms with Gasteiger partial charge in [-0.2, -0.15) is 5.26 Å². The van der Waals surface area contributed by atoms with E-state index in [4.69, 9.17) is 5.26 Å². The second-order valence-electron chi connectivity index (χ2n) is 4.50. The van der Waals surface area contributed by atoms with Gasteiger partial charge in [0, 0.05) is 31.7 Å². The number of hydrogen-bond donors (Lipinski definition) is 1. The fourth-order valence-electron chi connectivity index (χ4n) is 2.52. The Morgan fingerprint density at radius 2 is 2.00 bits per heavy atom. The van der Waals surface area contributed by atoms with Crippen LogP contribution >= 0.6 is 0 Å². The van der Waals surface area contributed by atoms with Crippen LogP contribution in [0.1, 0.15) is 23.4 Å². The van der Waals surface area contributed by atoms with Crippen molar-refractivity contribution in [3.05, 3.63) is 17.0 Å². The lowest BCUT2D eigenvalue weighted by Crippen LogP contribution is -2.44. The predicted octanol–water partition coefficient (Wildman–Crippen LogP) is 0.247. The molecular weight excluding hydrogens is 214 g/mol. The Kier molecular flexibility index (Phi) is 2.65. The van der Waals surface area contributed by atoms with Crippen molar-refractivity contribution in [1.29, 1.82) is 5.26 Å². The minimum absolute atomic E-state index is 0.584. The first kappa shape index (κ1) is 10.5. The standard InChI is InChI=1S/C12H15N5/c13-8-11-9-2-1-3-10(9)15-12(16-11)17-6-4-14-5-7-17/h14H,1-7H2. The number of nitriles is 1. The molecule has 2 heterocycles. The molecule has 0 bridgehead atoms. The molecule has 1 saturated heterocycles. The summed E-state index contributed by atoms with van der Waals surface area (Å²) in [6, 6.07) is 2.21. The summed E-state index contributed by atoms with van der Waals surface area (Å²) in [5.74, 6) is 0.740. The first-order chi connectivity index (χ1) is 8.38. The highest BCUT2D eigenvalue weighted by atomic mass is 15.3. The van der Waals surface area contributed by atoms with Crippen LogP contribution in [0.4, 0.5) is 5.95 Å². The Morgan fingerprint density at radius 1 is 1.18 bits per heavy atom. The molecule has 1 N–H and O–H groups in total. The van der Waals surface area contributed by atoms with Gasteiger partial charge in [-0.15, -0.1) is 0 Å². The summed E-state index contributed by atoms with van der Waals surface area (Å²) in [5.41, 5.74) is 2.75. The van der Waals surface area contributed by atoms with Crippen LogP contribution < -0.4 is 10.2 Å². The lowest BCUT2D eigenvalue weighted by atomic mass is 10.2. The summed E-state index contributed by atoms with van der Waals surface area (Å²) < 4.78 is 0. The molecule has 1 aromatic rings. The Hall–Kier alpha value is -1.67.